The zero-order valence-corrected chi connectivity index (χ0v) is 14.8. The lowest BCUT2D eigenvalue weighted by molar-refractivity contribution is 0.0974. The lowest BCUT2D eigenvalue weighted by Crippen LogP contribution is -2.19. The van der Waals surface area contributed by atoms with Crippen LogP contribution >= 0.6 is 0 Å². The van der Waals surface area contributed by atoms with E-state index in [2.05, 4.69) is 31.2 Å². The quantitative estimate of drug-likeness (QED) is 0.319. The minimum atomic E-state index is -0.00494. The highest BCUT2D eigenvalue weighted by molar-refractivity contribution is 4.85. The number of aliphatic hydroxyl groups is 1. The Bertz CT molecular complexity index is 292. The maximum atomic E-state index is 9.67. The lowest BCUT2D eigenvalue weighted by atomic mass is 9.84. The highest BCUT2D eigenvalue weighted by Crippen LogP contribution is 2.28. The molecule has 1 N–H and O–H groups in total. The first-order chi connectivity index (χ1) is 10.8. The van der Waals surface area contributed by atoms with Crippen LogP contribution in [0.1, 0.15) is 96.8 Å². The Labute approximate surface area is 138 Å². The molecule has 1 aliphatic carbocycles. The van der Waals surface area contributed by atoms with Gasteiger partial charge in [0, 0.05) is 0 Å². The molecule has 1 saturated carbocycles. The molecule has 1 heteroatoms. The van der Waals surface area contributed by atoms with Gasteiger partial charge in [0.25, 0.3) is 0 Å². The van der Waals surface area contributed by atoms with Crippen molar-refractivity contribution in [3.63, 3.8) is 0 Å². The molecule has 0 saturated heterocycles. The summed E-state index contributed by atoms with van der Waals surface area (Å²) in [6, 6.07) is 0. The number of unbranched alkanes of at least 4 members (excludes halogenated alkanes) is 6. The average molecular weight is 307 g/mol. The summed E-state index contributed by atoms with van der Waals surface area (Å²) < 4.78 is 0. The van der Waals surface area contributed by atoms with Crippen LogP contribution in [0, 0.1) is 5.92 Å². The number of hydrogen-bond donors (Lipinski definition) is 1. The minimum absolute atomic E-state index is 0.00494. The van der Waals surface area contributed by atoms with E-state index in [1.165, 1.54) is 77.0 Å². The van der Waals surface area contributed by atoms with Crippen LogP contribution in [0.4, 0.5) is 0 Å². The molecule has 1 rings (SSSR count). The van der Waals surface area contributed by atoms with Crippen molar-refractivity contribution in [1.29, 1.82) is 0 Å². The third-order valence-corrected chi connectivity index (χ3v) is 4.79. The number of hydrogen-bond acceptors (Lipinski definition) is 1. The van der Waals surface area contributed by atoms with E-state index in [1.54, 1.807) is 0 Å². The molecule has 0 bridgehead atoms. The van der Waals surface area contributed by atoms with Crippen molar-refractivity contribution >= 4 is 0 Å². The van der Waals surface area contributed by atoms with Crippen LogP contribution in [0.15, 0.2) is 24.3 Å². The van der Waals surface area contributed by atoms with E-state index in [9.17, 15) is 5.11 Å². The third kappa shape index (κ3) is 11.1. The van der Waals surface area contributed by atoms with Gasteiger partial charge in [-0.3, -0.25) is 0 Å². The first-order valence-electron chi connectivity index (χ1n) is 9.81. The van der Waals surface area contributed by atoms with E-state index in [4.69, 9.17) is 0 Å². The van der Waals surface area contributed by atoms with E-state index >= 15 is 0 Å². The largest absolute Gasteiger partial charge is 0.393 e. The molecule has 1 nitrogen and oxygen atoms in total. The van der Waals surface area contributed by atoms with Crippen molar-refractivity contribution in [2.75, 3.05) is 0 Å². The summed E-state index contributed by atoms with van der Waals surface area (Å²) in [5, 5.41) is 9.67. The standard InChI is InChI=1S/C21H38O/c1-2-3-4-5-6-7-8-9-10-11-12-13-14-16-20-17-15-18-21(22)19-20/h5-6,10-11,20-22H,2-4,7-9,12-19H2,1H3/b6-5+,11-10+. The van der Waals surface area contributed by atoms with E-state index in [0.717, 1.165) is 18.8 Å². The van der Waals surface area contributed by atoms with Gasteiger partial charge in [0.05, 0.1) is 6.10 Å². The molecule has 2 atom stereocenters. The smallest absolute Gasteiger partial charge is 0.0542 e. The Hall–Kier alpha value is -0.560. The first-order valence-corrected chi connectivity index (χ1v) is 9.81. The number of rotatable bonds is 12. The molecule has 22 heavy (non-hydrogen) atoms. The summed E-state index contributed by atoms with van der Waals surface area (Å²) in [4.78, 5) is 0. The molecule has 128 valence electrons. The summed E-state index contributed by atoms with van der Waals surface area (Å²) in [6.45, 7) is 2.25. The SMILES string of the molecule is CCCC/C=C/CCC/C=C/CCCCC1CCCC(O)C1. The van der Waals surface area contributed by atoms with Crippen molar-refractivity contribution in [3.05, 3.63) is 24.3 Å². The summed E-state index contributed by atoms with van der Waals surface area (Å²) in [7, 11) is 0. The van der Waals surface area contributed by atoms with Gasteiger partial charge in [-0.15, -0.1) is 0 Å². The Kier molecular flexibility index (Phi) is 12.5. The van der Waals surface area contributed by atoms with Gasteiger partial charge in [-0.25, -0.2) is 0 Å². The minimum Gasteiger partial charge on any atom is -0.393 e. The second-order valence-corrected chi connectivity index (χ2v) is 6.99. The molecule has 0 aliphatic heterocycles. The van der Waals surface area contributed by atoms with Crippen LogP contribution in [-0.4, -0.2) is 11.2 Å². The molecule has 1 fully saturated rings. The number of aliphatic hydroxyl groups excluding tert-OH is 1. The Morgan fingerprint density at radius 2 is 1.45 bits per heavy atom. The van der Waals surface area contributed by atoms with Crippen molar-refractivity contribution in [3.8, 4) is 0 Å². The van der Waals surface area contributed by atoms with Gasteiger partial charge in [-0.05, 0) is 57.3 Å². The Morgan fingerprint density at radius 1 is 0.818 bits per heavy atom. The molecule has 0 aromatic rings. The second kappa shape index (κ2) is 14.1. The molecule has 1 aliphatic rings. The highest BCUT2D eigenvalue weighted by atomic mass is 16.3. The Morgan fingerprint density at radius 3 is 2.09 bits per heavy atom. The van der Waals surface area contributed by atoms with Crippen molar-refractivity contribution < 1.29 is 5.11 Å². The van der Waals surface area contributed by atoms with Gasteiger partial charge in [-0.1, -0.05) is 69.8 Å². The van der Waals surface area contributed by atoms with Crippen molar-refractivity contribution in [2.24, 2.45) is 5.92 Å². The predicted octanol–water partition coefficient (Wildman–Crippen LogP) is 6.57. The fourth-order valence-electron chi connectivity index (χ4n) is 3.37. The molecule has 0 aromatic carbocycles. The van der Waals surface area contributed by atoms with E-state index in [1.807, 2.05) is 0 Å². The predicted molar refractivity (Wildman–Crippen MR) is 98.1 cm³/mol. The fourth-order valence-corrected chi connectivity index (χ4v) is 3.37. The van der Waals surface area contributed by atoms with Gasteiger partial charge in [-0.2, -0.15) is 0 Å². The topological polar surface area (TPSA) is 20.2 Å². The fraction of sp³-hybridized carbons (Fsp3) is 0.810. The molecular formula is C21H38O. The molecule has 0 amide bonds. The number of allylic oxidation sites excluding steroid dienone is 4. The maximum Gasteiger partial charge on any atom is 0.0542 e. The van der Waals surface area contributed by atoms with Crippen molar-refractivity contribution in [1.82, 2.24) is 0 Å². The zero-order chi connectivity index (χ0) is 15.9. The van der Waals surface area contributed by atoms with E-state index in [-0.39, 0.29) is 6.10 Å². The van der Waals surface area contributed by atoms with Gasteiger partial charge in [0.15, 0.2) is 0 Å². The molecular weight excluding hydrogens is 268 g/mol. The van der Waals surface area contributed by atoms with Gasteiger partial charge < -0.3 is 5.11 Å². The molecule has 0 aromatic heterocycles. The van der Waals surface area contributed by atoms with Crippen LogP contribution in [-0.2, 0) is 0 Å². The van der Waals surface area contributed by atoms with Crippen molar-refractivity contribution in [2.45, 2.75) is 103 Å². The molecule has 0 heterocycles. The van der Waals surface area contributed by atoms with Crippen LogP contribution in [0.3, 0.4) is 0 Å². The second-order valence-electron chi connectivity index (χ2n) is 6.99. The zero-order valence-electron chi connectivity index (χ0n) is 14.8. The molecule has 2 unspecified atom stereocenters. The third-order valence-electron chi connectivity index (χ3n) is 4.79. The van der Waals surface area contributed by atoms with Gasteiger partial charge in [0.2, 0.25) is 0 Å². The van der Waals surface area contributed by atoms with E-state index < -0.39 is 0 Å². The summed E-state index contributed by atoms with van der Waals surface area (Å²) >= 11 is 0. The summed E-state index contributed by atoms with van der Waals surface area (Å²) in [6.07, 6.45) is 27.0. The normalized spacial score (nSPS) is 22.8. The van der Waals surface area contributed by atoms with Crippen LogP contribution in [0.2, 0.25) is 0 Å². The molecule has 0 radical (unpaired) electrons. The van der Waals surface area contributed by atoms with Crippen LogP contribution in [0.25, 0.3) is 0 Å². The lowest BCUT2D eigenvalue weighted by Gasteiger charge is -2.25. The average Bonchev–Trinajstić information content (AvgIpc) is 2.52. The van der Waals surface area contributed by atoms with Crippen LogP contribution in [0.5, 0.6) is 0 Å². The summed E-state index contributed by atoms with van der Waals surface area (Å²) in [5.41, 5.74) is 0. The molecule has 0 spiro atoms. The van der Waals surface area contributed by atoms with Crippen LogP contribution < -0.4 is 0 Å². The first kappa shape index (κ1) is 19.5. The monoisotopic (exact) mass is 306 g/mol. The van der Waals surface area contributed by atoms with Gasteiger partial charge >= 0.3 is 0 Å². The summed E-state index contributed by atoms with van der Waals surface area (Å²) in [5.74, 6) is 0.798. The highest BCUT2D eigenvalue weighted by Gasteiger charge is 2.19. The maximum absolute atomic E-state index is 9.67. The van der Waals surface area contributed by atoms with Gasteiger partial charge in [0.1, 0.15) is 0 Å². The van der Waals surface area contributed by atoms with E-state index in [0.29, 0.717) is 0 Å². The Balaban J connectivity index is 1.85.